The lowest BCUT2D eigenvalue weighted by Crippen LogP contribution is -2.58. The SMILES string of the molecule is c1ccc(C23OC(c4ccccc4)(c4ccccc42)C24CC5CC32C2CCC4C52)cc1. The normalized spacial score (nSPS) is 48.5. The third-order valence-electron chi connectivity index (χ3n) is 11.1. The summed E-state index contributed by atoms with van der Waals surface area (Å²) in [7, 11) is 0. The standard InChI is InChI=1S/C30H26O/c1-3-9-20(10-4-1)29-22-13-7-8-14-23(22)30(31-29,21-11-5-2-6-12-21)28-18-19-17-27(28,29)24-15-16-25(28)26(19)24/h1-14,19,24-26H,15-18H2. The van der Waals surface area contributed by atoms with Gasteiger partial charge in [-0.3, -0.25) is 0 Å². The average Bonchev–Trinajstić information content (AvgIpc) is 3.65. The maximum absolute atomic E-state index is 7.80. The molecule has 3 aromatic carbocycles. The molecule has 6 atom stereocenters. The molecule has 31 heavy (non-hydrogen) atoms. The smallest absolute Gasteiger partial charge is 0.127 e. The first-order valence-corrected chi connectivity index (χ1v) is 12.2. The zero-order chi connectivity index (χ0) is 20.1. The highest BCUT2D eigenvalue weighted by molar-refractivity contribution is 5.65. The van der Waals surface area contributed by atoms with Gasteiger partial charge in [-0.25, -0.2) is 0 Å². The number of rotatable bonds is 2. The second kappa shape index (κ2) is 4.69. The Kier molecular flexibility index (Phi) is 2.46. The van der Waals surface area contributed by atoms with E-state index in [1.807, 2.05) is 0 Å². The molecule has 6 fully saturated rings. The van der Waals surface area contributed by atoms with Gasteiger partial charge >= 0.3 is 0 Å². The fourth-order valence-corrected chi connectivity index (χ4v) is 11.2. The summed E-state index contributed by atoms with van der Waals surface area (Å²) in [6.45, 7) is 0. The van der Waals surface area contributed by atoms with Gasteiger partial charge in [0.15, 0.2) is 0 Å². The zero-order valence-electron chi connectivity index (χ0n) is 17.6. The molecule has 10 rings (SSSR count). The van der Waals surface area contributed by atoms with Crippen molar-refractivity contribution in [1.82, 2.24) is 0 Å². The highest BCUT2D eigenvalue weighted by Gasteiger charge is 2.97. The van der Waals surface area contributed by atoms with Crippen LogP contribution < -0.4 is 0 Å². The van der Waals surface area contributed by atoms with Crippen LogP contribution in [0.4, 0.5) is 0 Å². The highest BCUT2D eigenvalue weighted by atomic mass is 16.5. The van der Waals surface area contributed by atoms with Crippen LogP contribution in [0.15, 0.2) is 84.9 Å². The molecule has 2 aliphatic heterocycles. The Hall–Kier alpha value is -2.38. The molecule has 152 valence electrons. The van der Waals surface area contributed by atoms with Gasteiger partial charge in [0.2, 0.25) is 0 Å². The lowest BCUT2D eigenvalue weighted by molar-refractivity contribution is -0.0888. The molecule has 5 saturated carbocycles. The zero-order valence-corrected chi connectivity index (χ0v) is 17.6. The molecule has 2 heterocycles. The average molecular weight is 403 g/mol. The molecule has 2 spiro atoms. The van der Waals surface area contributed by atoms with Gasteiger partial charge in [0.25, 0.3) is 0 Å². The topological polar surface area (TPSA) is 9.23 Å². The van der Waals surface area contributed by atoms with Crippen molar-refractivity contribution in [3.63, 3.8) is 0 Å². The number of fused-ring (bicyclic) bond motifs is 5. The van der Waals surface area contributed by atoms with E-state index in [0.717, 1.165) is 23.7 Å². The van der Waals surface area contributed by atoms with Gasteiger partial charge in [-0.1, -0.05) is 84.9 Å². The van der Waals surface area contributed by atoms with Crippen molar-refractivity contribution < 1.29 is 4.74 Å². The molecular formula is C30H26O. The third kappa shape index (κ3) is 1.25. The van der Waals surface area contributed by atoms with Crippen molar-refractivity contribution in [3.8, 4) is 0 Å². The van der Waals surface area contributed by atoms with E-state index in [4.69, 9.17) is 4.74 Å². The van der Waals surface area contributed by atoms with Crippen molar-refractivity contribution in [3.05, 3.63) is 107 Å². The van der Waals surface area contributed by atoms with E-state index in [0.29, 0.717) is 0 Å². The molecule has 5 aliphatic carbocycles. The predicted molar refractivity (Wildman–Crippen MR) is 119 cm³/mol. The van der Waals surface area contributed by atoms with Crippen molar-refractivity contribution in [2.45, 2.75) is 36.9 Å². The summed E-state index contributed by atoms with van der Waals surface area (Å²) >= 11 is 0. The Bertz CT molecular complexity index is 1170. The second-order valence-corrected chi connectivity index (χ2v) is 11.2. The predicted octanol–water partition coefficient (Wildman–Crippen LogP) is 6.27. The number of ether oxygens (including phenoxy) is 1. The van der Waals surface area contributed by atoms with Gasteiger partial charge in [-0.2, -0.15) is 0 Å². The van der Waals surface area contributed by atoms with E-state index in [2.05, 4.69) is 84.9 Å². The summed E-state index contributed by atoms with van der Waals surface area (Å²) in [4.78, 5) is 0. The molecule has 1 heteroatoms. The van der Waals surface area contributed by atoms with E-state index in [9.17, 15) is 0 Å². The Balaban J connectivity index is 1.50. The van der Waals surface area contributed by atoms with Crippen molar-refractivity contribution in [2.75, 3.05) is 0 Å². The first-order valence-electron chi connectivity index (χ1n) is 12.2. The maximum atomic E-state index is 7.80. The Morgan fingerprint density at radius 1 is 0.581 bits per heavy atom. The van der Waals surface area contributed by atoms with Gasteiger partial charge in [0.05, 0.1) is 0 Å². The lowest BCUT2D eigenvalue weighted by Gasteiger charge is -2.57. The number of hydrogen-bond donors (Lipinski definition) is 0. The van der Waals surface area contributed by atoms with Crippen LogP contribution >= 0.6 is 0 Å². The molecule has 0 N–H and O–H groups in total. The van der Waals surface area contributed by atoms with Gasteiger partial charge < -0.3 is 4.74 Å². The van der Waals surface area contributed by atoms with Crippen LogP contribution in [0.2, 0.25) is 0 Å². The summed E-state index contributed by atoms with van der Waals surface area (Å²) in [6, 6.07) is 32.0. The fourth-order valence-electron chi connectivity index (χ4n) is 11.2. The molecule has 1 saturated heterocycles. The summed E-state index contributed by atoms with van der Waals surface area (Å²) in [5, 5.41) is 0. The molecule has 6 unspecified atom stereocenters. The van der Waals surface area contributed by atoms with Crippen molar-refractivity contribution >= 4 is 0 Å². The van der Waals surface area contributed by atoms with Crippen LogP contribution in [0.5, 0.6) is 0 Å². The van der Waals surface area contributed by atoms with Crippen LogP contribution in [-0.4, -0.2) is 0 Å². The Morgan fingerprint density at radius 2 is 1.03 bits per heavy atom. The van der Waals surface area contributed by atoms with Crippen LogP contribution in [0, 0.1) is 34.5 Å². The monoisotopic (exact) mass is 402 g/mol. The summed E-state index contributed by atoms with van der Waals surface area (Å²) in [5.74, 6) is 3.50. The van der Waals surface area contributed by atoms with E-state index < -0.39 is 0 Å². The second-order valence-electron chi connectivity index (χ2n) is 11.2. The van der Waals surface area contributed by atoms with Gasteiger partial charge in [0.1, 0.15) is 11.2 Å². The minimum absolute atomic E-state index is 0.254. The van der Waals surface area contributed by atoms with E-state index >= 15 is 0 Å². The maximum Gasteiger partial charge on any atom is 0.127 e. The Labute approximate surface area is 183 Å². The first-order chi connectivity index (χ1) is 15.3. The quantitative estimate of drug-likeness (QED) is 0.491. The van der Waals surface area contributed by atoms with E-state index in [1.54, 1.807) is 0 Å². The van der Waals surface area contributed by atoms with Gasteiger partial charge in [-0.15, -0.1) is 0 Å². The van der Waals surface area contributed by atoms with Crippen LogP contribution in [0.25, 0.3) is 0 Å². The lowest BCUT2D eigenvalue weighted by atomic mass is 9.42. The third-order valence-corrected chi connectivity index (χ3v) is 11.1. The first kappa shape index (κ1) is 16.3. The summed E-state index contributed by atoms with van der Waals surface area (Å²) in [5.41, 5.74) is 5.64. The molecule has 0 radical (unpaired) electrons. The molecule has 1 nitrogen and oxygen atoms in total. The summed E-state index contributed by atoms with van der Waals surface area (Å²) in [6.07, 6.45) is 5.57. The van der Waals surface area contributed by atoms with Gasteiger partial charge in [-0.05, 0) is 71.6 Å². The molecule has 0 aromatic heterocycles. The fraction of sp³-hybridized carbons (Fsp3) is 0.400. The molecule has 8 bridgehead atoms. The minimum atomic E-state index is -0.302. The molecule has 3 aromatic rings. The van der Waals surface area contributed by atoms with E-state index in [-0.39, 0.29) is 22.0 Å². The number of hydrogen-bond acceptors (Lipinski definition) is 1. The van der Waals surface area contributed by atoms with Gasteiger partial charge in [0, 0.05) is 10.8 Å². The highest BCUT2D eigenvalue weighted by Crippen LogP contribution is 2.98. The Morgan fingerprint density at radius 3 is 1.52 bits per heavy atom. The molecular weight excluding hydrogens is 376 g/mol. The largest absolute Gasteiger partial charge is 0.348 e. The van der Waals surface area contributed by atoms with Crippen LogP contribution in [0.1, 0.15) is 47.9 Å². The molecule has 0 amide bonds. The minimum Gasteiger partial charge on any atom is -0.348 e. The van der Waals surface area contributed by atoms with Crippen molar-refractivity contribution in [1.29, 1.82) is 0 Å². The number of benzene rings is 3. The van der Waals surface area contributed by atoms with Crippen molar-refractivity contribution in [2.24, 2.45) is 34.5 Å². The van der Waals surface area contributed by atoms with E-state index in [1.165, 1.54) is 47.9 Å². The van der Waals surface area contributed by atoms with Crippen LogP contribution in [0.3, 0.4) is 0 Å². The summed E-state index contributed by atoms with van der Waals surface area (Å²) < 4.78 is 7.80. The van der Waals surface area contributed by atoms with Crippen LogP contribution in [-0.2, 0) is 15.9 Å². The molecule has 7 aliphatic rings.